The summed E-state index contributed by atoms with van der Waals surface area (Å²) in [5.41, 5.74) is 10.5. The van der Waals surface area contributed by atoms with E-state index in [0.29, 0.717) is 6.04 Å². The number of hydrogen-bond acceptors (Lipinski definition) is 1. The van der Waals surface area contributed by atoms with E-state index >= 15 is 0 Å². The minimum absolute atomic E-state index is 0.303. The van der Waals surface area contributed by atoms with Crippen LogP contribution in [-0.2, 0) is 12.8 Å². The van der Waals surface area contributed by atoms with E-state index in [4.69, 9.17) is 5.73 Å². The SMILES string of the molecule is CCCc1cccc2c1[C@H](N)CC2. The Hall–Kier alpha value is -0.820. The number of hydrogen-bond donors (Lipinski definition) is 1. The van der Waals surface area contributed by atoms with Gasteiger partial charge < -0.3 is 5.73 Å². The van der Waals surface area contributed by atoms with Crippen LogP contribution in [0.15, 0.2) is 18.2 Å². The third kappa shape index (κ3) is 1.49. The molecule has 0 unspecified atom stereocenters. The van der Waals surface area contributed by atoms with Crippen LogP contribution in [0.25, 0.3) is 0 Å². The van der Waals surface area contributed by atoms with Crippen molar-refractivity contribution in [2.45, 2.75) is 38.6 Å². The number of nitrogens with two attached hydrogens (primary N) is 1. The highest BCUT2D eigenvalue weighted by Gasteiger charge is 2.20. The van der Waals surface area contributed by atoms with Crippen molar-refractivity contribution in [3.63, 3.8) is 0 Å². The van der Waals surface area contributed by atoms with Gasteiger partial charge in [-0.3, -0.25) is 0 Å². The lowest BCUT2D eigenvalue weighted by Gasteiger charge is -2.11. The summed E-state index contributed by atoms with van der Waals surface area (Å²) in [5, 5.41) is 0. The van der Waals surface area contributed by atoms with E-state index in [1.807, 2.05) is 0 Å². The first-order valence-electron chi connectivity index (χ1n) is 5.19. The van der Waals surface area contributed by atoms with Crippen molar-refractivity contribution in [1.29, 1.82) is 0 Å². The highest BCUT2D eigenvalue weighted by Crippen LogP contribution is 2.32. The van der Waals surface area contributed by atoms with E-state index in [1.165, 1.54) is 36.0 Å². The molecule has 0 saturated heterocycles. The van der Waals surface area contributed by atoms with Crippen molar-refractivity contribution in [2.75, 3.05) is 0 Å². The zero-order valence-electron chi connectivity index (χ0n) is 8.22. The van der Waals surface area contributed by atoms with Gasteiger partial charge in [0.25, 0.3) is 0 Å². The van der Waals surface area contributed by atoms with Crippen LogP contribution in [0.3, 0.4) is 0 Å². The van der Waals surface area contributed by atoms with Crippen LogP contribution in [0.1, 0.15) is 42.5 Å². The summed E-state index contributed by atoms with van der Waals surface area (Å²) < 4.78 is 0. The van der Waals surface area contributed by atoms with Crippen molar-refractivity contribution in [2.24, 2.45) is 5.73 Å². The maximum atomic E-state index is 6.08. The highest BCUT2D eigenvalue weighted by atomic mass is 14.6. The second-order valence-corrected chi connectivity index (χ2v) is 3.89. The van der Waals surface area contributed by atoms with Gasteiger partial charge in [0.05, 0.1) is 0 Å². The van der Waals surface area contributed by atoms with Crippen LogP contribution >= 0.6 is 0 Å². The number of benzene rings is 1. The van der Waals surface area contributed by atoms with Crippen LogP contribution in [-0.4, -0.2) is 0 Å². The molecule has 0 spiro atoms. The highest BCUT2D eigenvalue weighted by molar-refractivity contribution is 5.41. The predicted octanol–water partition coefficient (Wildman–Crippen LogP) is 2.59. The Balaban J connectivity index is 2.41. The van der Waals surface area contributed by atoms with Crippen LogP contribution in [0.5, 0.6) is 0 Å². The first-order valence-corrected chi connectivity index (χ1v) is 5.19. The van der Waals surface area contributed by atoms with Gasteiger partial charge in [-0.2, -0.15) is 0 Å². The van der Waals surface area contributed by atoms with Crippen molar-refractivity contribution in [3.8, 4) is 0 Å². The summed E-state index contributed by atoms with van der Waals surface area (Å²) in [5.74, 6) is 0. The average molecular weight is 175 g/mol. The molecule has 0 fully saturated rings. The molecule has 1 aromatic rings. The van der Waals surface area contributed by atoms with E-state index in [9.17, 15) is 0 Å². The van der Waals surface area contributed by atoms with Gasteiger partial charge in [0.15, 0.2) is 0 Å². The number of aryl methyl sites for hydroxylation is 2. The molecule has 0 aliphatic heterocycles. The Labute approximate surface area is 80.0 Å². The molecule has 0 heterocycles. The predicted molar refractivity (Wildman–Crippen MR) is 55.7 cm³/mol. The van der Waals surface area contributed by atoms with Crippen LogP contribution in [0.4, 0.5) is 0 Å². The van der Waals surface area contributed by atoms with Gasteiger partial charge in [-0.25, -0.2) is 0 Å². The molecule has 0 bridgehead atoms. The van der Waals surface area contributed by atoms with E-state index in [-0.39, 0.29) is 0 Å². The molecule has 1 atom stereocenters. The molecule has 1 nitrogen and oxygen atoms in total. The molecule has 2 N–H and O–H groups in total. The van der Waals surface area contributed by atoms with E-state index in [1.54, 1.807) is 0 Å². The quantitative estimate of drug-likeness (QED) is 0.734. The molecule has 1 aliphatic carbocycles. The Morgan fingerprint density at radius 2 is 2.31 bits per heavy atom. The molecule has 2 rings (SSSR count). The molecule has 0 aromatic heterocycles. The van der Waals surface area contributed by atoms with Crippen molar-refractivity contribution in [3.05, 3.63) is 34.9 Å². The smallest absolute Gasteiger partial charge is 0.0303 e. The summed E-state index contributed by atoms with van der Waals surface area (Å²) >= 11 is 0. The molecule has 13 heavy (non-hydrogen) atoms. The lowest BCUT2D eigenvalue weighted by molar-refractivity contribution is 0.704. The Kier molecular flexibility index (Phi) is 2.36. The first kappa shape index (κ1) is 8.76. The summed E-state index contributed by atoms with van der Waals surface area (Å²) in [7, 11) is 0. The largest absolute Gasteiger partial charge is 0.324 e. The number of rotatable bonds is 2. The molecule has 70 valence electrons. The zero-order chi connectivity index (χ0) is 9.26. The number of fused-ring (bicyclic) bond motifs is 1. The molecule has 0 amide bonds. The van der Waals surface area contributed by atoms with Crippen molar-refractivity contribution in [1.82, 2.24) is 0 Å². The van der Waals surface area contributed by atoms with Gasteiger partial charge in [0.1, 0.15) is 0 Å². The monoisotopic (exact) mass is 175 g/mol. The molecule has 1 aromatic carbocycles. The van der Waals surface area contributed by atoms with Gasteiger partial charge in [-0.15, -0.1) is 0 Å². The fourth-order valence-corrected chi connectivity index (χ4v) is 2.30. The van der Waals surface area contributed by atoms with Gasteiger partial charge in [-0.05, 0) is 36.0 Å². The van der Waals surface area contributed by atoms with E-state index in [0.717, 1.165) is 6.42 Å². The zero-order valence-corrected chi connectivity index (χ0v) is 8.22. The molecule has 1 aliphatic rings. The normalized spacial score (nSPS) is 20.3. The first-order chi connectivity index (χ1) is 6.33. The fourth-order valence-electron chi connectivity index (χ4n) is 2.30. The van der Waals surface area contributed by atoms with E-state index < -0.39 is 0 Å². The molecular weight excluding hydrogens is 158 g/mol. The Morgan fingerprint density at radius 1 is 1.46 bits per heavy atom. The average Bonchev–Trinajstić information content (AvgIpc) is 2.50. The third-order valence-corrected chi connectivity index (χ3v) is 2.90. The summed E-state index contributed by atoms with van der Waals surface area (Å²) in [6.07, 6.45) is 4.70. The summed E-state index contributed by atoms with van der Waals surface area (Å²) in [4.78, 5) is 0. The Bertz CT molecular complexity index is 304. The second kappa shape index (κ2) is 3.51. The lowest BCUT2D eigenvalue weighted by atomic mass is 9.98. The topological polar surface area (TPSA) is 26.0 Å². The minimum Gasteiger partial charge on any atom is -0.324 e. The van der Waals surface area contributed by atoms with Crippen LogP contribution in [0, 0.1) is 0 Å². The molecule has 0 radical (unpaired) electrons. The van der Waals surface area contributed by atoms with Gasteiger partial charge in [0, 0.05) is 6.04 Å². The summed E-state index contributed by atoms with van der Waals surface area (Å²) in [6, 6.07) is 6.93. The van der Waals surface area contributed by atoms with Crippen LogP contribution < -0.4 is 5.73 Å². The van der Waals surface area contributed by atoms with Crippen LogP contribution in [0.2, 0.25) is 0 Å². The molecule has 1 heteroatoms. The second-order valence-electron chi connectivity index (χ2n) is 3.89. The van der Waals surface area contributed by atoms with Gasteiger partial charge in [0.2, 0.25) is 0 Å². The third-order valence-electron chi connectivity index (χ3n) is 2.90. The molecular formula is C12H17N. The van der Waals surface area contributed by atoms with Crippen molar-refractivity contribution < 1.29 is 0 Å². The van der Waals surface area contributed by atoms with Gasteiger partial charge in [-0.1, -0.05) is 31.5 Å². The van der Waals surface area contributed by atoms with Gasteiger partial charge >= 0.3 is 0 Å². The summed E-state index contributed by atoms with van der Waals surface area (Å²) in [6.45, 7) is 2.22. The maximum Gasteiger partial charge on any atom is 0.0303 e. The lowest BCUT2D eigenvalue weighted by Crippen LogP contribution is -2.08. The van der Waals surface area contributed by atoms with Crippen molar-refractivity contribution >= 4 is 0 Å². The van der Waals surface area contributed by atoms with E-state index in [2.05, 4.69) is 25.1 Å². The maximum absolute atomic E-state index is 6.08. The Morgan fingerprint density at radius 3 is 3.08 bits per heavy atom. The molecule has 0 saturated carbocycles. The fraction of sp³-hybridized carbons (Fsp3) is 0.500. The minimum atomic E-state index is 0.303. The standard InChI is InChI=1S/C12H17N/c1-2-4-9-5-3-6-10-7-8-11(13)12(9)10/h3,5-6,11H,2,4,7-8,13H2,1H3/t11-/m1/s1.